The van der Waals surface area contributed by atoms with Gasteiger partial charge in [0.05, 0.1) is 17.8 Å². The maximum Gasteiger partial charge on any atom is 0.152 e. The molecule has 0 atom stereocenters. The van der Waals surface area contributed by atoms with Crippen LogP contribution in [-0.2, 0) is 0 Å². The largest absolute Gasteiger partial charge is 0.494 e. The zero-order chi connectivity index (χ0) is 8.55. The summed E-state index contributed by atoms with van der Waals surface area (Å²) in [7, 11) is 1.63. The molecule has 0 aliphatic rings. The second-order valence-electron chi connectivity index (χ2n) is 2.38. The minimum atomic E-state index is 0.752. The first-order chi connectivity index (χ1) is 5.83. The summed E-state index contributed by atoms with van der Waals surface area (Å²) in [5, 5.41) is 1.04. The summed E-state index contributed by atoms with van der Waals surface area (Å²) in [6.07, 6.45) is 3.53. The van der Waals surface area contributed by atoms with E-state index in [9.17, 15) is 0 Å². The van der Waals surface area contributed by atoms with Gasteiger partial charge in [-0.05, 0) is 22.0 Å². The molecule has 1 N–H and O–H groups in total. The summed E-state index contributed by atoms with van der Waals surface area (Å²) in [5.41, 5.74) is 0.864. The third-order valence-electron chi connectivity index (χ3n) is 1.71. The van der Waals surface area contributed by atoms with Crippen molar-refractivity contribution in [2.45, 2.75) is 0 Å². The van der Waals surface area contributed by atoms with Gasteiger partial charge < -0.3 is 9.72 Å². The van der Waals surface area contributed by atoms with Gasteiger partial charge in [-0.25, -0.2) is 4.98 Å². The van der Waals surface area contributed by atoms with Crippen LogP contribution in [0.1, 0.15) is 0 Å². The van der Waals surface area contributed by atoms with Crippen LogP contribution in [0.2, 0.25) is 0 Å². The molecule has 0 saturated carbocycles. The average molecular weight is 227 g/mol. The van der Waals surface area contributed by atoms with Crippen molar-refractivity contribution < 1.29 is 4.74 Å². The maximum absolute atomic E-state index is 5.10. The third kappa shape index (κ3) is 0.992. The molecular weight excluding hydrogens is 220 g/mol. The molecule has 0 radical (unpaired) electrons. The smallest absolute Gasteiger partial charge is 0.152 e. The fourth-order valence-corrected chi connectivity index (χ4v) is 1.68. The molecule has 0 aliphatic heterocycles. The van der Waals surface area contributed by atoms with Gasteiger partial charge in [0.25, 0.3) is 0 Å². The second kappa shape index (κ2) is 2.79. The predicted molar refractivity (Wildman–Crippen MR) is 50.3 cm³/mol. The van der Waals surface area contributed by atoms with Crippen molar-refractivity contribution in [2.75, 3.05) is 7.11 Å². The Bertz CT molecular complexity index is 410. The SMILES string of the molecule is COc1cnc2[nH]ccc2c1Br. The number of methoxy groups -OCH3 is 1. The number of aromatic nitrogens is 2. The minimum absolute atomic E-state index is 0.752. The first-order valence-electron chi connectivity index (χ1n) is 3.48. The van der Waals surface area contributed by atoms with Crippen molar-refractivity contribution in [1.82, 2.24) is 9.97 Å². The topological polar surface area (TPSA) is 37.9 Å². The Morgan fingerprint density at radius 2 is 2.42 bits per heavy atom. The van der Waals surface area contributed by atoms with E-state index in [0.29, 0.717) is 0 Å². The number of H-pyrrole nitrogens is 1. The number of ether oxygens (including phenoxy) is 1. The molecule has 0 saturated heterocycles. The number of nitrogens with one attached hydrogen (secondary N) is 1. The fourth-order valence-electron chi connectivity index (χ4n) is 1.10. The van der Waals surface area contributed by atoms with Crippen molar-refractivity contribution in [3.63, 3.8) is 0 Å². The van der Waals surface area contributed by atoms with Gasteiger partial charge in [-0.3, -0.25) is 0 Å². The van der Waals surface area contributed by atoms with E-state index in [1.807, 2.05) is 12.3 Å². The van der Waals surface area contributed by atoms with Crippen LogP contribution in [0.5, 0.6) is 5.75 Å². The summed E-state index contributed by atoms with van der Waals surface area (Å²) in [6.45, 7) is 0. The number of rotatable bonds is 1. The molecule has 3 nitrogen and oxygen atoms in total. The van der Waals surface area contributed by atoms with Crippen LogP contribution in [0.3, 0.4) is 0 Å². The van der Waals surface area contributed by atoms with Crippen molar-refractivity contribution in [2.24, 2.45) is 0 Å². The molecule has 0 amide bonds. The lowest BCUT2D eigenvalue weighted by atomic mass is 10.3. The standard InChI is InChI=1S/C8H7BrN2O/c1-12-6-4-11-8-5(7(6)9)2-3-10-8/h2-4H,1H3,(H,10,11). The lowest BCUT2D eigenvalue weighted by molar-refractivity contribution is 0.411. The van der Waals surface area contributed by atoms with Gasteiger partial charge >= 0.3 is 0 Å². The molecular formula is C8H7BrN2O. The summed E-state index contributed by atoms with van der Waals surface area (Å²) in [5.74, 6) is 0.752. The molecule has 0 unspecified atom stereocenters. The molecule has 0 aromatic carbocycles. The van der Waals surface area contributed by atoms with E-state index in [0.717, 1.165) is 21.3 Å². The highest BCUT2D eigenvalue weighted by atomic mass is 79.9. The lowest BCUT2D eigenvalue weighted by Gasteiger charge is -2.01. The van der Waals surface area contributed by atoms with E-state index in [-0.39, 0.29) is 0 Å². The molecule has 2 aromatic rings. The van der Waals surface area contributed by atoms with Crippen LogP contribution in [0.4, 0.5) is 0 Å². The highest BCUT2D eigenvalue weighted by Gasteiger charge is 2.05. The van der Waals surface area contributed by atoms with E-state index >= 15 is 0 Å². The van der Waals surface area contributed by atoms with Crippen molar-refractivity contribution in [1.29, 1.82) is 0 Å². The molecule has 2 heterocycles. The summed E-state index contributed by atoms with van der Waals surface area (Å²) in [6, 6.07) is 1.95. The quantitative estimate of drug-likeness (QED) is 0.811. The number of hydrogen-bond acceptors (Lipinski definition) is 2. The minimum Gasteiger partial charge on any atom is -0.494 e. The van der Waals surface area contributed by atoms with Gasteiger partial charge in [-0.2, -0.15) is 0 Å². The molecule has 2 rings (SSSR count). The van der Waals surface area contributed by atoms with Crippen LogP contribution in [0.15, 0.2) is 22.9 Å². The maximum atomic E-state index is 5.10. The molecule has 2 aromatic heterocycles. The molecule has 0 aliphatic carbocycles. The van der Waals surface area contributed by atoms with E-state index < -0.39 is 0 Å². The van der Waals surface area contributed by atoms with E-state index in [1.54, 1.807) is 13.3 Å². The van der Waals surface area contributed by atoms with Gasteiger partial charge in [-0.1, -0.05) is 0 Å². The number of pyridine rings is 1. The Morgan fingerprint density at radius 3 is 3.17 bits per heavy atom. The van der Waals surface area contributed by atoms with Gasteiger partial charge in [0, 0.05) is 11.6 Å². The molecule has 0 bridgehead atoms. The van der Waals surface area contributed by atoms with Gasteiger partial charge in [-0.15, -0.1) is 0 Å². The Balaban J connectivity index is 2.78. The predicted octanol–water partition coefficient (Wildman–Crippen LogP) is 2.33. The summed E-state index contributed by atoms with van der Waals surface area (Å²) < 4.78 is 6.04. The van der Waals surface area contributed by atoms with E-state index in [4.69, 9.17) is 4.74 Å². The molecule has 0 spiro atoms. The average Bonchev–Trinajstić information content (AvgIpc) is 2.53. The first kappa shape index (κ1) is 7.61. The number of hydrogen-bond donors (Lipinski definition) is 1. The van der Waals surface area contributed by atoms with Crippen molar-refractivity contribution in [3.05, 3.63) is 22.9 Å². The van der Waals surface area contributed by atoms with Gasteiger partial charge in [0.2, 0.25) is 0 Å². The third-order valence-corrected chi connectivity index (χ3v) is 2.53. The Labute approximate surface area is 77.9 Å². The zero-order valence-electron chi connectivity index (χ0n) is 6.47. The highest BCUT2D eigenvalue weighted by molar-refractivity contribution is 9.10. The van der Waals surface area contributed by atoms with Crippen LogP contribution in [0.25, 0.3) is 11.0 Å². The molecule has 62 valence electrons. The Hall–Kier alpha value is -1.03. The van der Waals surface area contributed by atoms with Gasteiger partial charge in [0.1, 0.15) is 5.65 Å². The van der Waals surface area contributed by atoms with Crippen molar-refractivity contribution in [3.8, 4) is 5.75 Å². The molecule has 12 heavy (non-hydrogen) atoms. The summed E-state index contributed by atoms with van der Waals surface area (Å²) >= 11 is 3.44. The second-order valence-corrected chi connectivity index (χ2v) is 3.17. The van der Waals surface area contributed by atoms with E-state index in [1.165, 1.54) is 0 Å². The van der Waals surface area contributed by atoms with Gasteiger partial charge in [0.15, 0.2) is 5.75 Å². The van der Waals surface area contributed by atoms with Crippen molar-refractivity contribution >= 4 is 27.0 Å². The lowest BCUT2D eigenvalue weighted by Crippen LogP contribution is -1.86. The van der Waals surface area contributed by atoms with Crippen LogP contribution in [0, 0.1) is 0 Å². The number of aromatic amines is 1. The number of fused-ring (bicyclic) bond motifs is 1. The van der Waals surface area contributed by atoms with Crippen LogP contribution in [-0.4, -0.2) is 17.1 Å². The van der Waals surface area contributed by atoms with Crippen LogP contribution >= 0.6 is 15.9 Å². The summed E-state index contributed by atoms with van der Waals surface area (Å²) in [4.78, 5) is 7.18. The Morgan fingerprint density at radius 1 is 1.58 bits per heavy atom. The monoisotopic (exact) mass is 226 g/mol. The number of nitrogens with zero attached hydrogens (tertiary/aromatic N) is 1. The Kier molecular flexibility index (Phi) is 1.77. The van der Waals surface area contributed by atoms with E-state index in [2.05, 4.69) is 25.9 Å². The highest BCUT2D eigenvalue weighted by Crippen LogP contribution is 2.30. The normalized spacial score (nSPS) is 10.5. The molecule has 4 heteroatoms. The fraction of sp³-hybridized carbons (Fsp3) is 0.125. The van der Waals surface area contributed by atoms with Crippen LogP contribution < -0.4 is 4.74 Å². The molecule has 0 fully saturated rings. The zero-order valence-corrected chi connectivity index (χ0v) is 8.05. The first-order valence-corrected chi connectivity index (χ1v) is 4.28. The number of halogens is 1.